The zero-order valence-corrected chi connectivity index (χ0v) is 20.8. The molecule has 0 bridgehead atoms. The van der Waals surface area contributed by atoms with Gasteiger partial charge in [0, 0.05) is 25.7 Å². The van der Waals surface area contributed by atoms with E-state index in [2.05, 4.69) is 5.10 Å². The standard InChI is InChI=1S/C23H35BN4O5/c1-21(2,3)31-20(29)27-13-8-9-16(11-14-27)30-19-17-10-12-25-28(17)15-18(26-19)24-32-22(4,5)23(6,7)33-24/h10,12,15-16H,8-9,11,13-14H2,1-7H3/t16-/m1/s1. The molecule has 180 valence electrons. The Bertz CT molecular complexity index is 1000. The van der Waals surface area contributed by atoms with Gasteiger partial charge in [-0.2, -0.15) is 5.10 Å². The zero-order chi connectivity index (χ0) is 24.0. The first-order valence-electron chi connectivity index (χ1n) is 11.7. The number of carbonyl (C=O) groups is 1. The van der Waals surface area contributed by atoms with Crippen molar-refractivity contribution >= 4 is 24.3 Å². The molecular formula is C23H35BN4O5. The second-order valence-corrected chi connectivity index (χ2v) is 10.9. The van der Waals surface area contributed by atoms with E-state index in [4.69, 9.17) is 23.8 Å². The molecule has 4 rings (SSSR count). The lowest BCUT2D eigenvalue weighted by Gasteiger charge is -2.32. The molecule has 2 saturated heterocycles. The molecule has 9 nitrogen and oxygen atoms in total. The number of fused-ring (bicyclic) bond motifs is 1. The van der Waals surface area contributed by atoms with Crippen molar-refractivity contribution in [3.63, 3.8) is 0 Å². The highest BCUT2D eigenvalue weighted by Gasteiger charge is 2.52. The van der Waals surface area contributed by atoms with E-state index < -0.39 is 23.9 Å². The highest BCUT2D eigenvalue weighted by molar-refractivity contribution is 6.61. The highest BCUT2D eigenvalue weighted by atomic mass is 16.7. The van der Waals surface area contributed by atoms with Crippen LogP contribution in [0, 0.1) is 0 Å². The van der Waals surface area contributed by atoms with E-state index in [0.29, 0.717) is 31.0 Å². The summed E-state index contributed by atoms with van der Waals surface area (Å²) in [6, 6.07) is 1.88. The van der Waals surface area contributed by atoms with Gasteiger partial charge in [0.2, 0.25) is 5.88 Å². The summed E-state index contributed by atoms with van der Waals surface area (Å²) in [4.78, 5) is 19.0. The summed E-state index contributed by atoms with van der Waals surface area (Å²) >= 11 is 0. The van der Waals surface area contributed by atoms with Gasteiger partial charge in [0.15, 0.2) is 0 Å². The summed E-state index contributed by atoms with van der Waals surface area (Å²) in [5, 5.41) is 4.38. The van der Waals surface area contributed by atoms with Crippen LogP contribution in [0.2, 0.25) is 0 Å². The van der Waals surface area contributed by atoms with E-state index in [-0.39, 0.29) is 12.2 Å². The molecule has 2 aromatic rings. The minimum Gasteiger partial charge on any atom is -0.473 e. The lowest BCUT2D eigenvalue weighted by atomic mass is 9.85. The molecule has 10 heteroatoms. The van der Waals surface area contributed by atoms with Crippen LogP contribution < -0.4 is 10.3 Å². The van der Waals surface area contributed by atoms with Crippen LogP contribution in [0.1, 0.15) is 67.7 Å². The maximum Gasteiger partial charge on any atom is 0.516 e. The number of likely N-dealkylation sites (tertiary alicyclic amines) is 1. The highest BCUT2D eigenvalue weighted by Crippen LogP contribution is 2.36. The molecule has 0 aliphatic carbocycles. The van der Waals surface area contributed by atoms with Crippen molar-refractivity contribution in [1.82, 2.24) is 19.5 Å². The second-order valence-electron chi connectivity index (χ2n) is 10.9. The Kier molecular flexibility index (Phi) is 6.11. The number of rotatable bonds is 3. The topological polar surface area (TPSA) is 87.4 Å². The minimum absolute atomic E-state index is 0.0721. The number of amides is 1. The van der Waals surface area contributed by atoms with Gasteiger partial charge < -0.3 is 23.7 Å². The summed E-state index contributed by atoms with van der Waals surface area (Å²) in [7, 11) is -0.609. The molecule has 1 amide bonds. The van der Waals surface area contributed by atoms with Crippen molar-refractivity contribution in [2.45, 2.75) is 90.6 Å². The van der Waals surface area contributed by atoms with Gasteiger partial charge in [0.1, 0.15) is 17.2 Å². The third kappa shape index (κ3) is 5.11. The zero-order valence-electron chi connectivity index (χ0n) is 20.8. The number of ether oxygens (including phenoxy) is 2. The average Bonchev–Trinajstić information content (AvgIpc) is 3.14. The quantitative estimate of drug-likeness (QED) is 0.653. The van der Waals surface area contributed by atoms with Gasteiger partial charge in [0.25, 0.3) is 0 Å². The normalized spacial score (nSPS) is 22.9. The van der Waals surface area contributed by atoms with Crippen LogP contribution in [0.3, 0.4) is 0 Å². The molecule has 33 heavy (non-hydrogen) atoms. The van der Waals surface area contributed by atoms with Crippen LogP contribution in [0.4, 0.5) is 4.79 Å². The maximum absolute atomic E-state index is 12.5. The fourth-order valence-corrected chi connectivity index (χ4v) is 3.93. The summed E-state index contributed by atoms with van der Waals surface area (Å²) in [6.45, 7) is 14.9. The van der Waals surface area contributed by atoms with Crippen molar-refractivity contribution in [2.75, 3.05) is 13.1 Å². The lowest BCUT2D eigenvalue weighted by molar-refractivity contribution is 0.00578. The van der Waals surface area contributed by atoms with Crippen molar-refractivity contribution < 1.29 is 23.6 Å². The first-order valence-corrected chi connectivity index (χ1v) is 11.7. The molecule has 2 aliphatic rings. The maximum atomic E-state index is 12.5. The number of nitrogens with zero attached hydrogens (tertiary/aromatic N) is 4. The van der Waals surface area contributed by atoms with Gasteiger partial charge in [-0.3, -0.25) is 0 Å². The number of hydrogen-bond donors (Lipinski definition) is 0. The first kappa shape index (κ1) is 23.8. The van der Waals surface area contributed by atoms with E-state index in [1.807, 2.05) is 60.7 Å². The Morgan fingerprint density at radius 1 is 1.15 bits per heavy atom. The van der Waals surface area contributed by atoms with Gasteiger partial charge in [-0.1, -0.05) is 0 Å². The first-order chi connectivity index (χ1) is 15.3. The van der Waals surface area contributed by atoms with Gasteiger partial charge >= 0.3 is 13.2 Å². The van der Waals surface area contributed by atoms with Crippen LogP contribution in [-0.4, -0.2) is 68.7 Å². The van der Waals surface area contributed by atoms with Gasteiger partial charge in [-0.05, 0) is 67.4 Å². The van der Waals surface area contributed by atoms with E-state index in [1.165, 1.54) is 0 Å². The number of carbonyl (C=O) groups excluding carboxylic acids is 1. The Labute approximate surface area is 195 Å². The SMILES string of the molecule is CC(C)(C)OC(=O)N1CCC[C@@H](Oc2nc(B3OC(C)(C)C(C)(C)O3)cn3nccc23)CC1. The Hall–Kier alpha value is -2.33. The van der Waals surface area contributed by atoms with Crippen LogP contribution in [-0.2, 0) is 14.0 Å². The van der Waals surface area contributed by atoms with Gasteiger partial charge in [0.05, 0.1) is 23.0 Å². The Morgan fingerprint density at radius 2 is 1.85 bits per heavy atom. The lowest BCUT2D eigenvalue weighted by Crippen LogP contribution is -2.41. The predicted molar refractivity (Wildman–Crippen MR) is 125 cm³/mol. The summed E-state index contributed by atoms with van der Waals surface area (Å²) in [6.07, 6.45) is 5.54. The molecule has 0 saturated carbocycles. The van der Waals surface area contributed by atoms with Crippen LogP contribution >= 0.6 is 0 Å². The molecule has 1 atom stereocenters. The van der Waals surface area contributed by atoms with Crippen molar-refractivity contribution in [3.05, 3.63) is 18.5 Å². The fourth-order valence-electron chi connectivity index (χ4n) is 3.93. The predicted octanol–water partition coefficient (Wildman–Crippen LogP) is 3.20. The van der Waals surface area contributed by atoms with E-state index in [9.17, 15) is 4.79 Å². The Balaban J connectivity index is 1.50. The molecule has 4 heterocycles. The van der Waals surface area contributed by atoms with Crippen LogP contribution in [0.5, 0.6) is 5.88 Å². The second kappa shape index (κ2) is 8.47. The third-order valence-corrected chi connectivity index (χ3v) is 6.47. The van der Waals surface area contributed by atoms with Crippen LogP contribution in [0.15, 0.2) is 18.5 Å². The average molecular weight is 458 g/mol. The molecule has 0 unspecified atom stereocenters. The van der Waals surface area contributed by atoms with E-state index in [0.717, 1.165) is 18.4 Å². The molecule has 2 aromatic heterocycles. The third-order valence-electron chi connectivity index (χ3n) is 6.47. The summed E-state index contributed by atoms with van der Waals surface area (Å²) in [5.41, 5.74) is -0.0463. The number of hydrogen-bond acceptors (Lipinski definition) is 7. The molecule has 2 aliphatic heterocycles. The van der Waals surface area contributed by atoms with E-state index >= 15 is 0 Å². The van der Waals surface area contributed by atoms with Crippen molar-refractivity contribution in [2.24, 2.45) is 0 Å². The molecular weight excluding hydrogens is 423 g/mol. The van der Waals surface area contributed by atoms with Crippen molar-refractivity contribution in [1.29, 1.82) is 0 Å². The fraction of sp³-hybridized carbons (Fsp3) is 0.696. The minimum atomic E-state index is -0.609. The monoisotopic (exact) mass is 458 g/mol. The largest absolute Gasteiger partial charge is 0.516 e. The molecule has 0 radical (unpaired) electrons. The molecule has 0 N–H and O–H groups in total. The summed E-state index contributed by atoms with van der Waals surface area (Å²) in [5.74, 6) is 0.496. The molecule has 0 aromatic carbocycles. The van der Waals surface area contributed by atoms with Crippen molar-refractivity contribution in [3.8, 4) is 5.88 Å². The van der Waals surface area contributed by atoms with E-state index in [1.54, 1.807) is 15.6 Å². The number of aromatic nitrogens is 3. The molecule has 0 spiro atoms. The smallest absolute Gasteiger partial charge is 0.473 e. The van der Waals surface area contributed by atoms with Gasteiger partial charge in [-0.25, -0.2) is 14.3 Å². The molecule has 2 fully saturated rings. The summed E-state index contributed by atoms with van der Waals surface area (Å²) < 4.78 is 26.0. The van der Waals surface area contributed by atoms with Crippen LogP contribution in [0.25, 0.3) is 5.52 Å². The van der Waals surface area contributed by atoms with Gasteiger partial charge in [-0.15, -0.1) is 0 Å². The Morgan fingerprint density at radius 3 is 2.52 bits per heavy atom.